The molecule has 0 saturated carbocycles. The zero-order chi connectivity index (χ0) is 9.80. The highest BCUT2D eigenvalue weighted by atomic mass is 79.9. The van der Waals surface area contributed by atoms with Crippen LogP contribution in [0.1, 0.15) is 19.3 Å². The van der Waals surface area contributed by atoms with Gasteiger partial charge in [0, 0.05) is 10.9 Å². The van der Waals surface area contributed by atoms with Crippen molar-refractivity contribution < 1.29 is 9.47 Å². The molecule has 1 fully saturated rings. The van der Waals surface area contributed by atoms with Crippen LogP contribution in [0.15, 0.2) is 28.7 Å². The van der Waals surface area contributed by atoms with Gasteiger partial charge in [0.05, 0.1) is 6.61 Å². The molecule has 1 atom stereocenters. The minimum Gasteiger partial charge on any atom is -0.465 e. The maximum absolute atomic E-state index is 5.67. The Morgan fingerprint density at radius 2 is 2.00 bits per heavy atom. The van der Waals surface area contributed by atoms with Crippen molar-refractivity contribution in [1.29, 1.82) is 0 Å². The van der Waals surface area contributed by atoms with Crippen LogP contribution in [0, 0.1) is 0 Å². The predicted octanol–water partition coefficient (Wildman–Crippen LogP) is 3.35. The Morgan fingerprint density at radius 1 is 1.21 bits per heavy atom. The van der Waals surface area contributed by atoms with Crippen LogP contribution in [-0.4, -0.2) is 12.9 Å². The molecule has 0 radical (unpaired) electrons. The Bertz CT molecular complexity index is 278. The fourth-order valence-electron chi connectivity index (χ4n) is 1.47. The van der Waals surface area contributed by atoms with Gasteiger partial charge >= 0.3 is 0 Å². The molecule has 2 nitrogen and oxygen atoms in total. The highest BCUT2D eigenvalue weighted by Gasteiger charge is 2.14. The standard InChI is InChI=1S/C11H13BrO2/c12-9-4-6-10(7-5-9)14-11-3-1-2-8-13-11/h4-7,11H,1-3,8H2/t11-/m1/s1. The Hall–Kier alpha value is -0.540. The highest BCUT2D eigenvalue weighted by Crippen LogP contribution is 2.21. The first kappa shape index (κ1) is 9.99. The minimum absolute atomic E-state index is 0.0510. The molecule has 0 bridgehead atoms. The topological polar surface area (TPSA) is 18.5 Å². The Morgan fingerprint density at radius 3 is 2.64 bits per heavy atom. The summed E-state index contributed by atoms with van der Waals surface area (Å²) in [7, 11) is 0. The van der Waals surface area contributed by atoms with E-state index in [1.807, 2.05) is 24.3 Å². The second-order valence-electron chi connectivity index (χ2n) is 3.37. The molecule has 1 heterocycles. The first-order valence-electron chi connectivity index (χ1n) is 4.88. The molecule has 2 rings (SSSR count). The van der Waals surface area contributed by atoms with Crippen molar-refractivity contribution in [3.8, 4) is 5.75 Å². The molecule has 0 aliphatic carbocycles. The van der Waals surface area contributed by atoms with Gasteiger partial charge in [0.1, 0.15) is 5.75 Å². The van der Waals surface area contributed by atoms with E-state index < -0.39 is 0 Å². The normalized spacial score (nSPS) is 21.9. The first-order chi connectivity index (χ1) is 6.84. The van der Waals surface area contributed by atoms with Gasteiger partial charge in [0.2, 0.25) is 0 Å². The van der Waals surface area contributed by atoms with Gasteiger partial charge in [-0.1, -0.05) is 15.9 Å². The molecule has 0 N–H and O–H groups in total. The van der Waals surface area contributed by atoms with Crippen molar-refractivity contribution in [3.05, 3.63) is 28.7 Å². The zero-order valence-corrected chi connectivity index (χ0v) is 9.50. The molecule has 1 aromatic carbocycles. The molecule has 0 unspecified atom stereocenters. The first-order valence-corrected chi connectivity index (χ1v) is 5.68. The lowest BCUT2D eigenvalue weighted by Gasteiger charge is -2.23. The molecule has 0 amide bonds. The highest BCUT2D eigenvalue weighted by molar-refractivity contribution is 9.10. The van der Waals surface area contributed by atoms with Gasteiger partial charge in [-0.2, -0.15) is 0 Å². The molecular weight excluding hydrogens is 244 g/mol. The van der Waals surface area contributed by atoms with E-state index in [-0.39, 0.29) is 6.29 Å². The summed E-state index contributed by atoms with van der Waals surface area (Å²) < 4.78 is 12.2. The Balaban J connectivity index is 1.92. The summed E-state index contributed by atoms with van der Waals surface area (Å²) >= 11 is 3.38. The molecular formula is C11H13BrO2. The fraction of sp³-hybridized carbons (Fsp3) is 0.455. The van der Waals surface area contributed by atoms with Gasteiger partial charge in [-0.3, -0.25) is 0 Å². The molecule has 1 aliphatic rings. The molecule has 76 valence electrons. The lowest BCUT2D eigenvalue weighted by atomic mass is 10.2. The second-order valence-corrected chi connectivity index (χ2v) is 4.28. The van der Waals surface area contributed by atoms with Gasteiger partial charge in [-0.25, -0.2) is 0 Å². The maximum Gasteiger partial charge on any atom is 0.199 e. The SMILES string of the molecule is Brc1ccc(O[C@@H]2CCCCO2)cc1. The third kappa shape index (κ3) is 2.72. The third-order valence-corrected chi connectivity index (χ3v) is 2.75. The van der Waals surface area contributed by atoms with Crippen LogP contribution < -0.4 is 4.74 Å². The molecule has 1 saturated heterocycles. The van der Waals surface area contributed by atoms with Crippen LogP contribution in [0.4, 0.5) is 0 Å². The van der Waals surface area contributed by atoms with Crippen molar-refractivity contribution in [2.75, 3.05) is 6.61 Å². The molecule has 1 aromatic rings. The summed E-state index contributed by atoms with van der Waals surface area (Å²) in [6.45, 7) is 0.821. The van der Waals surface area contributed by atoms with E-state index >= 15 is 0 Å². The van der Waals surface area contributed by atoms with E-state index in [0.717, 1.165) is 29.7 Å². The van der Waals surface area contributed by atoms with Crippen molar-refractivity contribution >= 4 is 15.9 Å². The van der Waals surface area contributed by atoms with Gasteiger partial charge in [0.25, 0.3) is 0 Å². The van der Waals surface area contributed by atoms with E-state index in [9.17, 15) is 0 Å². The average molecular weight is 257 g/mol. The quantitative estimate of drug-likeness (QED) is 0.808. The maximum atomic E-state index is 5.67. The Labute approximate surface area is 92.3 Å². The monoisotopic (exact) mass is 256 g/mol. The van der Waals surface area contributed by atoms with Crippen LogP contribution in [0.3, 0.4) is 0 Å². The van der Waals surface area contributed by atoms with Crippen LogP contribution in [-0.2, 0) is 4.74 Å². The number of hydrogen-bond donors (Lipinski definition) is 0. The van der Waals surface area contributed by atoms with E-state index in [1.54, 1.807) is 0 Å². The van der Waals surface area contributed by atoms with Crippen LogP contribution >= 0.6 is 15.9 Å². The average Bonchev–Trinajstić information content (AvgIpc) is 2.23. The Kier molecular flexibility index (Phi) is 3.43. The van der Waals surface area contributed by atoms with E-state index in [0.29, 0.717) is 0 Å². The molecule has 3 heteroatoms. The van der Waals surface area contributed by atoms with Crippen LogP contribution in [0.5, 0.6) is 5.75 Å². The summed E-state index contributed by atoms with van der Waals surface area (Å²) in [4.78, 5) is 0. The van der Waals surface area contributed by atoms with E-state index in [1.165, 1.54) is 6.42 Å². The fourth-order valence-corrected chi connectivity index (χ4v) is 1.73. The molecule has 0 spiro atoms. The van der Waals surface area contributed by atoms with Crippen molar-refractivity contribution in [2.45, 2.75) is 25.6 Å². The number of hydrogen-bond acceptors (Lipinski definition) is 2. The number of halogens is 1. The van der Waals surface area contributed by atoms with Gasteiger partial charge in [-0.15, -0.1) is 0 Å². The van der Waals surface area contributed by atoms with Crippen molar-refractivity contribution in [1.82, 2.24) is 0 Å². The van der Waals surface area contributed by atoms with Crippen LogP contribution in [0.2, 0.25) is 0 Å². The summed E-state index contributed by atoms with van der Waals surface area (Å²) in [6, 6.07) is 7.83. The minimum atomic E-state index is -0.0510. The lowest BCUT2D eigenvalue weighted by molar-refractivity contribution is -0.105. The smallest absolute Gasteiger partial charge is 0.199 e. The summed E-state index contributed by atoms with van der Waals surface area (Å²) in [5.74, 6) is 0.875. The van der Waals surface area contributed by atoms with E-state index in [4.69, 9.17) is 9.47 Å². The van der Waals surface area contributed by atoms with Gasteiger partial charge in [-0.05, 0) is 37.1 Å². The number of benzene rings is 1. The van der Waals surface area contributed by atoms with Crippen LogP contribution in [0.25, 0.3) is 0 Å². The lowest BCUT2D eigenvalue weighted by Crippen LogP contribution is -2.24. The second kappa shape index (κ2) is 4.80. The summed E-state index contributed by atoms with van der Waals surface area (Å²) in [5, 5.41) is 0. The largest absolute Gasteiger partial charge is 0.465 e. The molecule has 1 aliphatic heterocycles. The third-order valence-electron chi connectivity index (χ3n) is 2.22. The predicted molar refractivity (Wildman–Crippen MR) is 58.4 cm³/mol. The zero-order valence-electron chi connectivity index (χ0n) is 7.91. The van der Waals surface area contributed by atoms with Crippen molar-refractivity contribution in [3.63, 3.8) is 0 Å². The summed E-state index contributed by atoms with van der Waals surface area (Å²) in [5.41, 5.74) is 0. The number of rotatable bonds is 2. The van der Waals surface area contributed by atoms with E-state index in [2.05, 4.69) is 15.9 Å². The molecule has 0 aromatic heterocycles. The van der Waals surface area contributed by atoms with Crippen molar-refractivity contribution in [2.24, 2.45) is 0 Å². The summed E-state index contributed by atoms with van der Waals surface area (Å²) in [6.07, 6.45) is 3.29. The number of ether oxygens (including phenoxy) is 2. The van der Waals surface area contributed by atoms with Gasteiger partial charge in [0.15, 0.2) is 6.29 Å². The molecule has 14 heavy (non-hydrogen) atoms. The van der Waals surface area contributed by atoms with Gasteiger partial charge < -0.3 is 9.47 Å².